The van der Waals surface area contributed by atoms with Crippen LogP contribution in [0.25, 0.3) is 0 Å². The van der Waals surface area contributed by atoms with Gasteiger partial charge in [-0.3, -0.25) is 0 Å². The molecule has 3 rings (SSSR count). The lowest BCUT2D eigenvalue weighted by molar-refractivity contribution is 0.383. The van der Waals surface area contributed by atoms with E-state index in [9.17, 15) is 8.42 Å². The van der Waals surface area contributed by atoms with Gasteiger partial charge in [0.1, 0.15) is 17.5 Å². The van der Waals surface area contributed by atoms with Crippen LogP contribution >= 0.6 is 0 Å². The van der Waals surface area contributed by atoms with Crippen molar-refractivity contribution >= 4 is 21.7 Å². The van der Waals surface area contributed by atoms with E-state index in [1.54, 1.807) is 4.31 Å². The lowest BCUT2D eigenvalue weighted by atomic mass is 10.2. The van der Waals surface area contributed by atoms with Crippen LogP contribution in [0.2, 0.25) is 0 Å². The summed E-state index contributed by atoms with van der Waals surface area (Å²) in [5.41, 5.74) is 1.95. The molecular weight excluding hydrogens is 362 g/mol. The molecule has 2 aromatic rings. The van der Waals surface area contributed by atoms with Gasteiger partial charge in [0, 0.05) is 38.8 Å². The van der Waals surface area contributed by atoms with Crippen LogP contribution in [0.3, 0.4) is 0 Å². The van der Waals surface area contributed by atoms with Gasteiger partial charge in [-0.1, -0.05) is 29.8 Å². The third-order valence-corrected chi connectivity index (χ3v) is 6.46. The molecule has 0 unspecified atom stereocenters. The average molecular weight is 390 g/mol. The summed E-state index contributed by atoms with van der Waals surface area (Å²) in [5, 5.41) is 3.21. The first kappa shape index (κ1) is 19.6. The Hall–Kier alpha value is -2.19. The van der Waals surface area contributed by atoms with E-state index in [1.807, 2.05) is 51.1 Å². The van der Waals surface area contributed by atoms with E-state index in [4.69, 9.17) is 0 Å². The fraction of sp³-hybridized carbons (Fsp3) is 0.474. The zero-order valence-corrected chi connectivity index (χ0v) is 17.0. The molecule has 0 atom stereocenters. The van der Waals surface area contributed by atoms with Crippen LogP contribution in [-0.4, -0.2) is 55.4 Å². The molecule has 1 N–H and O–H groups in total. The largest absolute Gasteiger partial charge is 0.370 e. The minimum absolute atomic E-state index is 0.0461. The second-order valence-electron chi connectivity index (χ2n) is 6.82. The highest BCUT2D eigenvalue weighted by Crippen LogP contribution is 2.20. The molecular formula is C19H27N5O2S. The number of anilines is 2. The van der Waals surface area contributed by atoms with Gasteiger partial charge in [-0.15, -0.1) is 0 Å². The summed E-state index contributed by atoms with van der Waals surface area (Å²) in [6, 6.07) is 9.58. The van der Waals surface area contributed by atoms with Crippen molar-refractivity contribution in [1.29, 1.82) is 0 Å². The molecule has 0 aliphatic carbocycles. The first-order valence-corrected chi connectivity index (χ1v) is 10.9. The van der Waals surface area contributed by atoms with E-state index >= 15 is 0 Å². The van der Waals surface area contributed by atoms with E-state index in [2.05, 4.69) is 20.2 Å². The topological polar surface area (TPSA) is 78.4 Å². The molecule has 2 heterocycles. The summed E-state index contributed by atoms with van der Waals surface area (Å²) in [6.45, 7) is 8.85. The highest BCUT2D eigenvalue weighted by molar-refractivity contribution is 7.88. The van der Waals surface area contributed by atoms with Crippen molar-refractivity contribution in [1.82, 2.24) is 14.3 Å². The molecule has 1 saturated heterocycles. The van der Waals surface area contributed by atoms with E-state index < -0.39 is 10.0 Å². The number of hydrogen-bond acceptors (Lipinski definition) is 6. The van der Waals surface area contributed by atoms with E-state index in [0.29, 0.717) is 32.0 Å². The third kappa shape index (κ3) is 4.95. The van der Waals surface area contributed by atoms with Crippen molar-refractivity contribution < 1.29 is 8.42 Å². The summed E-state index contributed by atoms with van der Waals surface area (Å²) in [6.07, 6.45) is 0. The number of aromatic nitrogens is 2. The molecule has 0 amide bonds. The molecule has 1 fully saturated rings. The van der Waals surface area contributed by atoms with Crippen molar-refractivity contribution in [3.05, 3.63) is 47.3 Å². The molecule has 0 spiro atoms. The van der Waals surface area contributed by atoms with Gasteiger partial charge >= 0.3 is 0 Å². The second-order valence-corrected chi connectivity index (χ2v) is 8.79. The molecule has 1 aromatic carbocycles. The summed E-state index contributed by atoms with van der Waals surface area (Å²) >= 11 is 0. The number of aryl methyl sites for hydroxylation is 2. The first-order chi connectivity index (χ1) is 12.9. The Labute approximate surface area is 161 Å². The van der Waals surface area contributed by atoms with Crippen molar-refractivity contribution in [2.45, 2.75) is 26.5 Å². The van der Waals surface area contributed by atoms with Crippen LogP contribution in [0.15, 0.2) is 30.3 Å². The summed E-state index contributed by atoms with van der Waals surface area (Å²) in [7, 11) is -3.32. The number of piperazine rings is 1. The monoisotopic (exact) mass is 389 g/mol. The number of benzene rings is 1. The molecule has 1 aliphatic heterocycles. The number of nitrogens with one attached hydrogen (secondary N) is 1. The maximum Gasteiger partial charge on any atom is 0.218 e. The van der Waals surface area contributed by atoms with Gasteiger partial charge in [0.05, 0.1) is 5.75 Å². The summed E-state index contributed by atoms with van der Waals surface area (Å²) < 4.78 is 27.1. The molecule has 7 nitrogen and oxygen atoms in total. The molecule has 8 heteroatoms. The molecule has 0 saturated carbocycles. The predicted octanol–water partition coefficient (Wildman–Crippen LogP) is 2.18. The lowest BCUT2D eigenvalue weighted by Crippen LogP contribution is -2.49. The van der Waals surface area contributed by atoms with Crippen LogP contribution in [0.4, 0.5) is 11.6 Å². The SMILES string of the molecule is CCNc1cc(N2CCN(S(=O)(=O)Cc3ccc(C)cc3)CC2)nc(C)n1. The summed E-state index contributed by atoms with van der Waals surface area (Å²) in [5.74, 6) is 2.39. The molecule has 0 radical (unpaired) electrons. The van der Waals surface area contributed by atoms with Gasteiger partial charge in [0.15, 0.2) is 0 Å². The number of rotatable bonds is 6. The highest BCUT2D eigenvalue weighted by atomic mass is 32.2. The normalized spacial score (nSPS) is 15.7. The number of sulfonamides is 1. The van der Waals surface area contributed by atoms with Gasteiger partial charge < -0.3 is 10.2 Å². The van der Waals surface area contributed by atoms with Crippen LogP contribution < -0.4 is 10.2 Å². The van der Waals surface area contributed by atoms with Crippen molar-refractivity contribution in [3.8, 4) is 0 Å². The fourth-order valence-corrected chi connectivity index (χ4v) is 4.68. The predicted molar refractivity (Wildman–Crippen MR) is 109 cm³/mol. The molecule has 1 aromatic heterocycles. The van der Waals surface area contributed by atoms with E-state index in [-0.39, 0.29) is 5.75 Å². The molecule has 1 aliphatic rings. The molecule has 146 valence electrons. The van der Waals surface area contributed by atoms with Gasteiger partial charge in [-0.25, -0.2) is 18.4 Å². The number of hydrogen-bond donors (Lipinski definition) is 1. The Balaban J connectivity index is 1.65. The Kier molecular flexibility index (Phi) is 5.96. The fourth-order valence-electron chi connectivity index (χ4n) is 3.17. The zero-order chi connectivity index (χ0) is 19.4. The zero-order valence-electron chi connectivity index (χ0n) is 16.1. The Bertz CT molecular complexity index is 875. The van der Waals surface area contributed by atoms with Crippen LogP contribution in [0.1, 0.15) is 23.9 Å². The minimum atomic E-state index is -3.32. The maximum atomic E-state index is 12.7. The summed E-state index contributed by atoms with van der Waals surface area (Å²) in [4.78, 5) is 11.0. The lowest BCUT2D eigenvalue weighted by Gasteiger charge is -2.34. The van der Waals surface area contributed by atoms with E-state index in [0.717, 1.165) is 29.3 Å². The van der Waals surface area contributed by atoms with Crippen molar-refractivity contribution in [3.63, 3.8) is 0 Å². The number of nitrogens with zero attached hydrogens (tertiary/aromatic N) is 4. The quantitative estimate of drug-likeness (QED) is 0.816. The third-order valence-electron chi connectivity index (χ3n) is 4.61. The smallest absolute Gasteiger partial charge is 0.218 e. The standard InChI is InChI=1S/C19H27N5O2S/c1-4-20-18-13-19(22-16(3)21-18)23-9-11-24(12-10-23)27(25,26)14-17-7-5-15(2)6-8-17/h5-8,13H,4,9-12,14H2,1-3H3,(H,20,21,22). The highest BCUT2D eigenvalue weighted by Gasteiger charge is 2.27. The van der Waals surface area contributed by atoms with Gasteiger partial charge in [0.2, 0.25) is 10.0 Å². The van der Waals surface area contributed by atoms with E-state index in [1.165, 1.54) is 0 Å². The van der Waals surface area contributed by atoms with Crippen LogP contribution in [-0.2, 0) is 15.8 Å². The van der Waals surface area contributed by atoms with Crippen molar-refractivity contribution in [2.75, 3.05) is 42.9 Å². The Morgan fingerprint density at radius 1 is 1.04 bits per heavy atom. The minimum Gasteiger partial charge on any atom is -0.370 e. The van der Waals surface area contributed by atoms with Gasteiger partial charge in [-0.05, 0) is 26.3 Å². The molecule has 0 bridgehead atoms. The average Bonchev–Trinajstić information content (AvgIpc) is 2.63. The van der Waals surface area contributed by atoms with Gasteiger partial charge in [0.25, 0.3) is 0 Å². The van der Waals surface area contributed by atoms with Crippen molar-refractivity contribution in [2.24, 2.45) is 0 Å². The molecule has 27 heavy (non-hydrogen) atoms. The Morgan fingerprint density at radius 3 is 2.33 bits per heavy atom. The second kappa shape index (κ2) is 8.22. The maximum absolute atomic E-state index is 12.7. The van der Waals surface area contributed by atoms with Crippen LogP contribution in [0.5, 0.6) is 0 Å². The van der Waals surface area contributed by atoms with Crippen LogP contribution in [0, 0.1) is 13.8 Å². The Morgan fingerprint density at radius 2 is 1.70 bits per heavy atom. The first-order valence-electron chi connectivity index (χ1n) is 9.25. The van der Waals surface area contributed by atoms with Gasteiger partial charge in [-0.2, -0.15) is 4.31 Å².